The van der Waals surface area contributed by atoms with Gasteiger partial charge in [0.15, 0.2) is 0 Å². The highest BCUT2D eigenvalue weighted by Gasteiger charge is 2.31. The first-order valence-electron chi connectivity index (χ1n) is 9.74. The summed E-state index contributed by atoms with van der Waals surface area (Å²) in [4.78, 5) is 23.2. The molecule has 1 aromatic carbocycles. The van der Waals surface area contributed by atoms with Gasteiger partial charge in [-0.15, -0.1) is 13.2 Å². The van der Waals surface area contributed by atoms with Crippen LogP contribution in [0.5, 0.6) is 5.75 Å². The average Bonchev–Trinajstić information content (AvgIpc) is 2.78. The molecule has 1 amide bonds. The molecule has 0 radical (unpaired) electrons. The lowest BCUT2D eigenvalue weighted by atomic mass is 10.1. The highest BCUT2D eigenvalue weighted by atomic mass is 19.4. The van der Waals surface area contributed by atoms with Gasteiger partial charge >= 0.3 is 6.36 Å². The molecule has 0 bridgehead atoms. The van der Waals surface area contributed by atoms with Crippen LogP contribution >= 0.6 is 0 Å². The van der Waals surface area contributed by atoms with Crippen molar-refractivity contribution >= 4 is 17.4 Å². The van der Waals surface area contributed by atoms with Crippen LogP contribution in [0.3, 0.4) is 0 Å². The molecule has 0 unspecified atom stereocenters. The van der Waals surface area contributed by atoms with Crippen molar-refractivity contribution in [1.29, 1.82) is 0 Å². The lowest BCUT2D eigenvalue weighted by molar-refractivity contribution is -0.274. The van der Waals surface area contributed by atoms with Crippen LogP contribution in [-0.2, 0) is 0 Å². The molecule has 0 aliphatic heterocycles. The summed E-state index contributed by atoms with van der Waals surface area (Å²) in [6.45, 7) is 2.84. The number of carbonyl (C=O) groups is 1. The fourth-order valence-corrected chi connectivity index (χ4v) is 3.05. The van der Waals surface area contributed by atoms with Gasteiger partial charge in [-0.2, -0.15) is 0 Å². The fourth-order valence-electron chi connectivity index (χ4n) is 3.05. The number of aliphatic hydroxyl groups excluding tert-OH is 1. The molecule has 0 saturated heterocycles. The van der Waals surface area contributed by atoms with Crippen LogP contribution in [-0.4, -0.2) is 47.0 Å². The average molecular weight is 446 g/mol. The molecule has 0 fully saturated rings. The maximum atomic E-state index is 12.8. The molecule has 2 aromatic heterocycles. The maximum Gasteiger partial charge on any atom is 0.573 e. The van der Waals surface area contributed by atoms with Gasteiger partial charge in [-0.1, -0.05) is 6.07 Å². The van der Waals surface area contributed by atoms with Crippen LogP contribution in [0, 0.1) is 0 Å². The number of aromatic nitrogens is 2. The Kier molecular flexibility index (Phi) is 7.26. The topological polar surface area (TPSA) is 87.6 Å². The first-order valence-corrected chi connectivity index (χ1v) is 9.74. The highest BCUT2D eigenvalue weighted by Crippen LogP contribution is 2.30. The van der Waals surface area contributed by atoms with Gasteiger partial charge in [0.05, 0.1) is 12.2 Å². The molecule has 0 aliphatic rings. The summed E-state index contributed by atoms with van der Waals surface area (Å²) in [5, 5.41) is 12.0. The molecule has 32 heavy (non-hydrogen) atoms. The van der Waals surface area contributed by atoms with E-state index in [0.29, 0.717) is 30.2 Å². The lowest BCUT2D eigenvalue weighted by Gasteiger charge is -2.24. The summed E-state index contributed by atoms with van der Waals surface area (Å²) >= 11 is 0. The standard InChI is InChI=1S/C22H21F3N4O3/c1-2-29(10-11-30)20-19(15-4-3-9-26-13-15)12-16(14-27-20)21(31)28-17-5-7-18(8-6-17)32-22(23,24)25/h3-9,12-14,30H,2,10-11H2,1H3,(H,28,31). The Balaban J connectivity index is 1.87. The predicted octanol–water partition coefficient (Wildman–Crippen LogP) is 4.11. The van der Waals surface area contributed by atoms with Crippen LogP contribution in [0.2, 0.25) is 0 Å². The zero-order chi connectivity index (χ0) is 23.1. The Morgan fingerprint density at radius 2 is 1.94 bits per heavy atom. The quantitative estimate of drug-likeness (QED) is 0.542. The van der Waals surface area contributed by atoms with Crippen molar-refractivity contribution in [3.63, 3.8) is 0 Å². The summed E-state index contributed by atoms with van der Waals surface area (Å²) in [5.74, 6) is -0.271. The van der Waals surface area contributed by atoms with E-state index in [2.05, 4.69) is 20.0 Å². The van der Waals surface area contributed by atoms with Gasteiger partial charge in [-0.25, -0.2) is 4.98 Å². The van der Waals surface area contributed by atoms with Crippen LogP contribution in [0.25, 0.3) is 11.1 Å². The molecule has 10 heteroatoms. The molecule has 168 valence electrons. The minimum absolute atomic E-state index is 0.0573. The van der Waals surface area contributed by atoms with E-state index in [1.54, 1.807) is 24.5 Å². The zero-order valence-corrected chi connectivity index (χ0v) is 17.1. The molecular formula is C22H21F3N4O3. The number of nitrogens with one attached hydrogen (secondary N) is 1. The first kappa shape index (κ1) is 23.0. The smallest absolute Gasteiger partial charge is 0.406 e. The molecule has 0 aliphatic carbocycles. The Bertz CT molecular complexity index is 1040. The Morgan fingerprint density at radius 1 is 1.19 bits per heavy atom. The van der Waals surface area contributed by atoms with Gasteiger partial charge in [-0.05, 0) is 43.3 Å². The van der Waals surface area contributed by atoms with Crippen LogP contribution in [0.15, 0.2) is 61.1 Å². The zero-order valence-electron chi connectivity index (χ0n) is 17.1. The number of halogens is 3. The number of ether oxygens (including phenoxy) is 1. The summed E-state index contributed by atoms with van der Waals surface area (Å²) in [7, 11) is 0. The van der Waals surface area contributed by atoms with Crippen LogP contribution in [0.1, 0.15) is 17.3 Å². The second-order valence-corrected chi connectivity index (χ2v) is 6.67. The maximum absolute atomic E-state index is 12.8. The number of benzene rings is 1. The van der Waals surface area contributed by atoms with Crippen molar-refractivity contribution in [2.24, 2.45) is 0 Å². The van der Waals surface area contributed by atoms with Crippen molar-refractivity contribution < 1.29 is 27.8 Å². The summed E-state index contributed by atoms with van der Waals surface area (Å²) < 4.78 is 40.7. The van der Waals surface area contributed by atoms with Crippen molar-refractivity contribution in [3.05, 3.63) is 66.6 Å². The minimum atomic E-state index is -4.79. The number of rotatable bonds is 8. The monoisotopic (exact) mass is 446 g/mol. The number of amides is 1. The number of nitrogens with zero attached hydrogens (tertiary/aromatic N) is 3. The Morgan fingerprint density at radius 3 is 2.53 bits per heavy atom. The highest BCUT2D eigenvalue weighted by molar-refractivity contribution is 6.05. The van der Waals surface area contributed by atoms with E-state index >= 15 is 0 Å². The van der Waals surface area contributed by atoms with E-state index in [4.69, 9.17) is 0 Å². The molecule has 2 heterocycles. The predicted molar refractivity (Wildman–Crippen MR) is 114 cm³/mol. The number of likely N-dealkylation sites (N-methyl/N-ethyl adjacent to an activating group) is 1. The minimum Gasteiger partial charge on any atom is -0.406 e. The van der Waals surface area contributed by atoms with E-state index < -0.39 is 12.3 Å². The van der Waals surface area contributed by atoms with Crippen molar-refractivity contribution in [3.8, 4) is 16.9 Å². The summed E-state index contributed by atoms with van der Waals surface area (Å²) in [6.07, 6.45) is -0.103. The van der Waals surface area contributed by atoms with Gasteiger partial charge < -0.3 is 20.1 Å². The molecule has 3 aromatic rings. The second kappa shape index (κ2) is 10.1. The third kappa shape index (κ3) is 5.94. The molecule has 0 atom stereocenters. The molecule has 0 spiro atoms. The van der Waals surface area contributed by atoms with E-state index in [0.717, 1.165) is 17.7 Å². The molecular weight excluding hydrogens is 425 g/mol. The third-order valence-electron chi connectivity index (χ3n) is 4.50. The van der Waals surface area contributed by atoms with Gasteiger partial charge in [0.2, 0.25) is 0 Å². The number of anilines is 2. The lowest BCUT2D eigenvalue weighted by Crippen LogP contribution is -2.28. The summed E-state index contributed by atoms with van der Waals surface area (Å²) in [5.41, 5.74) is 1.96. The van der Waals surface area contributed by atoms with E-state index in [1.165, 1.54) is 18.3 Å². The van der Waals surface area contributed by atoms with Gasteiger partial charge in [0, 0.05) is 48.5 Å². The van der Waals surface area contributed by atoms with Crippen LogP contribution in [0.4, 0.5) is 24.7 Å². The number of hydrogen-bond donors (Lipinski definition) is 2. The molecule has 2 N–H and O–H groups in total. The van der Waals surface area contributed by atoms with Gasteiger partial charge in [0.1, 0.15) is 11.6 Å². The Hall–Kier alpha value is -3.66. The van der Waals surface area contributed by atoms with E-state index in [9.17, 15) is 23.1 Å². The molecule has 7 nitrogen and oxygen atoms in total. The second-order valence-electron chi connectivity index (χ2n) is 6.67. The number of alkyl halides is 3. The summed E-state index contributed by atoms with van der Waals surface area (Å²) in [6, 6.07) is 10.1. The normalized spacial score (nSPS) is 11.2. The van der Waals surface area contributed by atoms with Gasteiger partial charge in [0.25, 0.3) is 5.91 Å². The SMILES string of the molecule is CCN(CCO)c1ncc(C(=O)Nc2ccc(OC(F)(F)F)cc2)cc1-c1cccnc1. The number of pyridine rings is 2. The van der Waals surface area contributed by atoms with E-state index in [1.807, 2.05) is 17.9 Å². The Labute approximate surface area is 182 Å². The molecule has 0 saturated carbocycles. The van der Waals surface area contributed by atoms with Crippen LogP contribution < -0.4 is 15.0 Å². The van der Waals surface area contributed by atoms with Crippen molar-refractivity contribution in [1.82, 2.24) is 9.97 Å². The van der Waals surface area contributed by atoms with Gasteiger partial charge in [-0.3, -0.25) is 9.78 Å². The van der Waals surface area contributed by atoms with Crippen molar-refractivity contribution in [2.45, 2.75) is 13.3 Å². The van der Waals surface area contributed by atoms with Crippen molar-refractivity contribution in [2.75, 3.05) is 29.9 Å². The molecule has 3 rings (SSSR count). The fraction of sp³-hybridized carbons (Fsp3) is 0.227. The number of hydrogen-bond acceptors (Lipinski definition) is 6. The number of carbonyl (C=O) groups excluding carboxylic acids is 1. The van der Waals surface area contributed by atoms with E-state index in [-0.39, 0.29) is 17.9 Å². The number of aliphatic hydroxyl groups is 1. The first-order chi connectivity index (χ1) is 15.3. The third-order valence-corrected chi connectivity index (χ3v) is 4.50. The largest absolute Gasteiger partial charge is 0.573 e.